The highest BCUT2D eigenvalue weighted by Gasteiger charge is 1.98. The van der Waals surface area contributed by atoms with Gasteiger partial charge in [-0.1, -0.05) is 0 Å². The molecule has 0 aliphatic heterocycles. The van der Waals surface area contributed by atoms with Crippen LogP contribution in [0.25, 0.3) is 0 Å². The maximum Gasteiger partial charge on any atom is 0.313 e. The normalized spacial score (nSPS) is 12.8. The molecule has 0 aromatic carbocycles. The molecule has 5 heteroatoms. The van der Waals surface area contributed by atoms with Crippen LogP contribution in [-0.4, -0.2) is 18.1 Å². The van der Waals surface area contributed by atoms with Crippen LogP contribution < -0.4 is 16.8 Å². The quantitative estimate of drug-likeness (QED) is 0.343. The maximum absolute atomic E-state index is 9.94. The average Bonchev–Trinajstić information content (AvgIpc) is 1.65. The van der Waals surface area contributed by atoms with Gasteiger partial charge in [0, 0.05) is 0 Å². The highest BCUT2D eigenvalue weighted by atomic mass is 35.5. The predicted molar refractivity (Wildman–Crippen MR) is 31.4 cm³/mol. The van der Waals surface area contributed by atoms with Crippen LogP contribution in [0.15, 0.2) is 0 Å². The lowest BCUT2D eigenvalue weighted by atomic mass is 10.6. The zero-order chi connectivity index (χ0) is 6.57. The molecular weight excluding hydrogens is 130 g/mol. The van der Waals surface area contributed by atoms with Crippen molar-refractivity contribution >= 4 is 17.6 Å². The summed E-state index contributed by atoms with van der Waals surface area (Å²) in [4.78, 5) is 9.94. The van der Waals surface area contributed by atoms with Crippen molar-refractivity contribution in [3.8, 4) is 0 Å². The number of rotatable bonds is 2. The van der Waals surface area contributed by atoms with Crippen molar-refractivity contribution in [3.63, 3.8) is 0 Å². The van der Waals surface area contributed by atoms with Gasteiger partial charge in [-0.3, -0.25) is 0 Å². The molecule has 0 bridgehead atoms. The number of urea groups is 1. The molecule has 0 rings (SSSR count). The van der Waals surface area contributed by atoms with Gasteiger partial charge >= 0.3 is 6.03 Å². The molecule has 2 amide bonds. The van der Waals surface area contributed by atoms with E-state index in [0.717, 1.165) is 0 Å². The third-order valence-corrected chi connectivity index (χ3v) is 0.826. The van der Waals surface area contributed by atoms with Gasteiger partial charge in [0.2, 0.25) is 0 Å². The number of nitrogens with two attached hydrogens (primary N) is 2. The molecule has 1 atom stereocenters. The van der Waals surface area contributed by atoms with Gasteiger partial charge in [0.25, 0.3) is 0 Å². The molecule has 0 saturated carbocycles. The largest absolute Gasteiger partial charge is 0.352 e. The first-order valence-electron chi connectivity index (χ1n) is 2.04. The highest BCUT2D eigenvalue weighted by Crippen LogP contribution is 1.75. The molecule has 5 N–H and O–H groups in total. The Balaban J connectivity index is 3.24. The Morgan fingerprint density at radius 2 is 2.38 bits per heavy atom. The third kappa shape index (κ3) is 3.70. The number of hydrogen-bond donors (Lipinski definition) is 3. The Labute approximate surface area is 52.2 Å². The minimum absolute atomic E-state index is 0.170. The van der Waals surface area contributed by atoms with Gasteiger partial charge in [-0.15, -0.1) is 11.6 Å². The SMILES string of the molecule is NC(=O)NC(N)CCl. The molecule has 0 fully saturated rings. The van der Waals surface area contributed by atoms with Gasteiger partial charge in [0.15, 0.2) is 0 Å². The summed E-state index contributed by atoms with van der Waals surface area (Å²) in [5.74, 6) is 0.170. The Morgan fingerprint density at radius 1 is 1.88 bits per heavy atom. The van der Waals surface area contributed by atoms with E-state index in [-0.39, 0.29) is 5.88 Å². The van der Waals surface area contributed by atoms with Gasteiger partial charge in [-0.05, 0) is 0 Å². The zero-order valence-corrected chi connectivity index (χ0v) is 4.98. The Kier molecular flexibility index (Phi) is 3.30. The van der Waals surface area contributed by atoms with Crippen LogP contribution in [0.3, 0.4) is 0 Å². The van der Waals surface area contributed by atoms with Gasteiger partial charge in [0.05, 0.1) is 12.0 Å². The number of amides is 2. The number of alkyl halides is 1. The van der Waals surface area contributed by atoms with Gasteiger partial charge in [-0.2, -0.15) is 0 Å². The Hall–Kier alpha value is -0.480. The van der Waals surface area contributed by atoms with E-state index in [1.54, 1.807) is 0 Å². The van der Waals surface area contributed by atoms with Crippen LogP contribution in [0.4, 0.5) is 4.79 Å². The van der Waals surface area contributed by atoms with Crippen molar-refractivity contribution in [2.24, 2.45) is 11.5 Å². The predicted octanol–water partition coefficient (Wildman–Crippen LogP) is -0.822. The van der Waals surface area contributed by atoms with E-state index in [2.05, 4.69) is 11.1 Å². The summed E-state index contributed by atoms with van der Waals surface area (Å²) in [5.41, 5.74) is 9.81. The van der Waals surface area contributed by atoms with Gasteiger partial charge < -0.3 is 16.8 Å². The Morgan fingerprint density at radius 3 is 2.50 bits per heavy atom. The molecule has 48 valence electrons. The fourth-order valence-corrected chi connectivity index (χ4v) is 0.298. The lowest BCUT2D eigenvalue weighted by Crippen LogP contribution is -2.45. The van der Waals surface area contributed by atoms with Crippen molar-refractivity contribution in [2.45, 2.75) is 6.17 Å². The van der Waals surface area contributed by atoms with Crippen LogP contribution in [0.1, 0.15) is 0 Å². The van der Waals surface area contributed by atoms with Crippen LogP contribution in [0.2, 0.25) is 0 Å². The number of nitrogens with one attached hydrogen (secondary N) is 1. The fourth-order valence-electron chi connectivity index (χ4n) is 0.221. The number of carbonyl (C=O) groups excluding carboxylic acids is 1. The summed E-state index contributed by atoms with van der Waals surface area (Å²) in [6, 6.07) is -0.654. The minimum Gasteiger partial charge on any atom is -0.352 e. The topological polar surface area (TPSA) is 81.1 Å². The molecule has 0 saturated heterocycles. The fraction of sp³-hybridized carbons (Fsp3) is 0.667. The lowest BCUT2D eigenvalue weighted by molar-refractivity contribution is 0.246. The number of carbonyl (C=O) groups is 1. The lowest BCUT2D eigenvalue weighted by Gasteiger charge is -2.05. The molecular formula is C3H8ClN3O. The highest BCUT2D eigenvalue weighted by molar-refractivity contribution is 6.18. The van der Waals surface area contributed by atoms with Crippen molar-refractivity contribution in [1.29, 1.82) is 0 Å². The summed E-state index contributed by atoms with van der Waals surface area (Å²) in [7, 11) is 0. The number of halogens is 1. The number of primary amides is 1. The summed E-state index contributed by atoms with van der Waals surface area (Å²) in [5, 5.41) is 2.18. The Bertz CT molecular complexity index is 86.6. The van der Waals surface area contributed by atoms with Crippen molar-refractivity contribution < 1.29 is 4.79 Å². The van der Waals surface area contributed by atoms with E-state index >= 15 is 0 Å². The first-order chi connectivity index (χ1) is 3.66. The number of hydrogen-bond acceptors (Lipinski definition) is 2. The molecule has 0 aromatic heterocycles. The molecule has 0 aromatic rings. The van der Waals surface area contributed by atoms with E-state index in [1.807, 2.05) is 0 Å². The second-order valence-electron chi connectivity index (χ2n) is 1.27. The molecule has 0 heterocycles. The van der Waals surface area contributed by atoms with E-state index in [9.17, 15) is 4.79 Å². The molecule has 0 aliphatic rings. The average molecular weight is 138 g/mol. The second-order valence-corrected chi connectivity index (χ2v) is 1.58. The molecule has 0 radical (unpaired) electrons. The van der Waals surface area contributed by atoms with E-state index < -0.39 is 12.2 Å². The molecule has 8 heavy (non-hydrogen) atoms. The van der Waals surface area contributed by atoms with E-state index in [1.165, 1.54) is 0 Å². The first-order valence-corrected chi connectivity index (χ1v) is 2.57. The van der Waals surface area contributed by atoms with Crippen LogP contribution in [0, 0.1) is 0 Å². The van der Waals surface area contributed by atoms with Crippen LogP contribution in [0.5, 0.6) is 0 Å². The first kappa shape index (κ1) is 7.52. The molecule has 1 unspecified atom stereocenters. The smallest absolute Gasteiger partial charge is 0.313 e. The summed E-state index contributed by atoms with van der Waals surface area (Å²) >= 11 is 5.20. The van der Waals surface area contributed by atoms with Crippen molar-refractivity contribution in [3.05, 3.63) is 0 Å². The minimum atomic E-state index is -0.654. The molecule has 4 nitrogen and oxygen atoms in total. The molecule has 0 spiro atoms. The zero-order valence-electron chi connectivity index (χ0n) is 4.23. The summed E-state index contributed by atoms with van der Waals surface area (Å²) < 4.78 is 0. The second kappa shape index (κ2) is 3.51. The van der Waals surface area contributed by atoms with Crippen LogP contribution in [-0.2, 0) is 0 Å². The third-order valence-electron chi connectivity index (χ3n) is 0.494. The standard InChI is InChI=1S/C3H8ClN3O/c4-1-2(5)7-3(6)8/h2H,1,5H2,(H3,6,7,8). The van der Waals surface area contributed by atoms with E-state index in [4.69, 9.17) is 17.3 Å². The van der Waals surface area contributed by atoms with E-state index in [0.29, 0.717) is 0 Å². The maximum atomic E-state index is 9.94. The monoisotopic (exact) mass is 137 g/mol. The van der Waals surface area contributed by atoms with Gasteiger partial charge in [0.1, 0.15) is 0 Å². The summed E-state index contributed by atoms with van der Waals surface area (Å²) in [6.45, 7) is 0. The summed E-state index contributed by atoms with van der Waals surface area (Å²) in [6.07, 6.45) is -0.533. The van der Waals surface area contributed by atoms with Crippen molar-refractivity contribution in [2.75, 3.05) is 5.88 Å². The van der Waals surface area contributed by atoms with Crippen LogP contribution >= 0.6 is 11.6 Å². The van der Waals surface area contributed by atoms with Gasteiger partial charge in [-0.25, -0.2) is 4.79 Å². The molecule has 0 aliphatic carbocycles. The van der Waals surface area contributed by atoms with Crippen molar-refractivity contribution in [1.82, 2.24) is 5.32 Å².